The lowest BCUT2D eigenvalue weighted by Gasteiger charge is -2.26. The third-order valence-corrected chi connectivity index (χ3v) is 7.16. The monoisotopic (exact) mass is 636 g/mol. The first-order chi connectivity index (χ1) is 20.7. The van der Waals surface area contributed by atoms with Crippen molar-refractivity contribution in [2.24, 2.45) is 0 Å². The second-order valence-corrected chi connectivity index (χ2v) is 10.6. The number of nitrogens with one attached hydrogen (secondary N) is 1. The van der Waals surface area contributed by atoms with E-state index in [1.807, 2.05) is 24.3 Å². The van der Waals surface area contributed by atoms with Gasteiger partial charge in [-0.05, 0) is 83.4 Å². The molecule has 0 atom stereocenters. The van der Waals surface area contributed by atoms with Crippen molar-refractivity contribution >= 4 is 64.4 Å². The Labute approximate surface area is 262 Å². The van der Waals surface area contributed by atoms with E-state index in [0.29, 0.717) is 33.7 Å². The van der Waals surface area contributed by atoms with Gasteiger partial charge in [0.05, 0.1) is 17.8 Å². The number of nitrogens with zero attached hydrogens (tertiary/aromatic N) is 1. The largest absolute Gasteiger partial charge is 0.493 e. The summed E-state index contributed by atoms with van der Waals surface area (Å²) < 4.78 is 17.1. The lowest BCUT2D eigenvalue weighted by molar-refractivity contribution is -0.122. The van der Waals surface area contributed by atoms with Crippen LogP contribution in [0.2, 0.25) is 15.1 Å². The summed E-state index contributed by atoms with van der Waals surface area (Å²) in [6, 6.07) is 23.0. The third kappa shape index (κ3) is 7.11. The molecule has 43 heavy (non-hydrogen) atoms. The van der Waals surface area contributed by atoms with Gasteiger partial charge in [-0.15, -0.1) is 0 Å². The molecule has 1 aliphatic heterocycles. The number of imide groups is 2. The number of hydrogen-bond donors (Lipinski definition) is 1. The van der Waals surface area contributed by atoms with Crippen molar-refractivity contribution in [3.63, 3.8) is 0 Å². The van der Waals surface area contributed by atoms with Gasteiger partial charge in [-0.1, -0.05) is 59.1 Å². The van der Waals surface area contributed by atoms with Gasteiger partial charge in [-0.3, -0.25) is 14.9 Å². The summed E-state index contributed by atoms with van der Waals surface area (Å²) in [6.07, 6.45) is 1.33. The van der Waals surface area contributed by atoms with Crippen LogP contribution in [0.25, 0.3) is 6.08 Å². The Morgan fingerprint density at radius 3 is 1.93 bits per heavy atom. The van der Waals surface area contributed by atoms with Crippen molar-refractivity contribution < 1.29 is 28.6 Å². The zero-order valence-electron chi connectivity index (χ0n) is 22.6. The summed E-state index contributed by atoms with van der Waals surface area (Å²) in [5.41, 5.74) is 2.16. The molecule has 0 radical (unpaired) electrons. The van der Waals surface area contributed by atoms with Gasteiger partial charge in [0.1, 0.15) is 24.5 Å². The van der Waals surface area contributed by atoms with Gasteiger partial charge < -0.3 is 14.2 Å². The van der Waals surface area contributed by atoms with E-state index in [-0.39, 0.29) is 28.6 Å². The Hall–Kier alpha value is -4.50. The molecule has 1 fully saturated rings. The van der Waals surface area contributed by atoms with Crippen molar-refractivity contribution in [1.29, 1.82) is 0 Å². The number of hydrogen-bond acceptors (Lipinski definition) is 6. The summed E-state index contributed by atoms with van der Waals surface area (Å²) in [4.78, 5) is 39.7. The maximum absolute atomic E-state index is 13.4. The minimum atomic E-state index is -0.872. The molecule has 4 amide bonds. The lowest BCUT2D eigenvalue weighted by atomic mass is 10.1. The molecule has 1 N–H and O–H groups in total. The van der Waals surface area contributed by atoms with E-state index in [1.165, 1.54) is 19.3 Å². The predicted molar refractivity (Wildman–Crippen MR) is 165 cm³/mol. The Kier molecular flexibility index (Phi) is 9.21. The molecule has 0 aliphatic carbocycles. The number of methoxy groups -OCH3 is 1. The van der Waals surface area contributed by atoms with E-state index in [1.54, 1.807) is 54.6 Å². The van der Waals surface area contributed by atoms with Gasteiger partial charge in [0.15, 0.2) is 11.5 Å². The highest BCUT2D eigenvalue weighted by Crippen LogP contribution is 2.38. The first-order valence-electron chi connectivity index (χ1n) is 12.9. The van der Waals surface area contributed by atoms with Crippen LogP contribution in [0, 0.1) is 0 Å². The topological polar surface area (TPSA) is 94.2 Å². The van der Waals surface area contributed by atoms with E-state index < -0.39 is 17.8 Å². The maximum atomic E-state index is 13.4. The quantitative estimate of drug-likeness (QED) is 0.151. The minimum Gasteiger partial charge on any atom is -0.493 e. The first kappa shape index (κ1) is 30.0. The minimum absolute atomic E-state index is 0.200. The normalized spacial score (nSPS) is 14.1. The summed E-state index contributed by atoms with van der Waals surface area (Å²) in [7, 11) is 1.44. The molecule has 0 aromatic heterocycles. The van der Waals surface area contributed by atoms with Gasteiger partial charge in [0.25, 0.3) is 11.8 Å². The summed E-state index contributed by atoms with van der Waals surface area (Å²) in [5, 5.41) is 3.64. The number of carbonyl (C=O) groups excluding carboxylic acids is 3. The number of carbonyl (C=O) groups is 3. The molecular weight excluding hydrogens is 615 g/mol. The van der Waals surface area contributed by atoms with Gasteiger partial charge >= 0.3 is 6.03 Å². The van der Waals surface area contributed by atoms with Crippen LogP contribution in [0.4, 0.5) is 10.5 Å². The fourth-order valence-corrected chi connectivity index (χ4v) is 4.72. The second-order valence-electron chi connectivity index (χ2n) is 9.32. The molecule has 5 rings (SSSR count). The highest BCUT2D eigenvalue weighted by atomic mass is 35.5. The summed E-state index contributed by atoms with van der Waals surface area (Å²) in [5.74, 6) is -0.542. The summed E-state index contributed by atoms with van der Waals surface area (Å²) >= 11 is 18.4. The van der Waals surface area contributed by atoms with E-state index in [9.17, 15) is 14.4 Å². The average Bonchev–Trinajstić information content (AvgIpc) is 2.99. The number of ether oxygens (including phenoxy) is 3. The fourth-order valence-electron chi connectivity index (χ4n) is 4.20. The third-order valence-electron chi connectivity index (χ3n) is 6.37. The van der Waals surface area contributed by atoms with E-state index >= 15 is 0 Å². The van der Waals surface area contributed by atoms with E-state index in [2.05, 4.69) is 5.32 Å². The molecule has 0 unspecified atom stereocenters. The Morgan fingerprint density at radius 1 is 0.767 bits per heavy atom. The van der Waals surface area contributed by atoms with E-state index in [0.717, 1.165) is 16.0 Å². The number of rotatable bonds is 9. The molecule has 0 saturated carbocycles. The van der Waals surface area contributed by atoms with Crippen LogP contribution in [0.5, 0.6) is 17.2 Å². The fraction of sp³-hybridized carbons (Fsp3) is 0.0938. The van der Waals surface area contributed by atoms with Gasteiger partial charge in [0.2, 0.25) is 0 Å². The molecule has 4 aromatic carbocycles. The number of anilines is 1. The predicted octanol–water partition coefficient (Wildman–Crippen LogP) is 7.48. The van der Waals surface area contributed by atoms with Crippen molar-refractivity contribution in [3.8, 4) is 17.2 Å². The van der Waals surface area contributed by atoms with Crippen molar-refractivity contribution in [2.75, 3.05) is 12.0 Å². The van der Waals surface area contributed by atoms with Crippen molar-refractivity contribution in [3.05, 3.63) is 122 Å². The first-order valence-corrected chi connectivity index (χ1v) is 14.0. The molecule has 0 bridgehead atoms. The van der Waals surface area contributed by atoms with Crippen LogP contribution in [0.3, 0.4) is 0 Å². The van der Waals surface area contributed by atoms with E-state index in [4.69, 9.17) is 49.0 Å². The Bertz CT molecular complexity index is 1710. The number of urea groups is 1. The smallest absolute Gasteiger partial charge is 0.335 e. The number of benzene rings is 4. The number of barbiturate groups is 1. The standard InChI is InChI=1S/C32H23Cl3N2O6/c1-41-28-16-21(15-27(35)29(28)43-18-20-4-8-23(34)9-5-20)14-26-30(38)36-32(40)37(31(26)39)24-10-12-25(13-11-24)42-17-19-2-6-22(33)7-3-19/h2-16H,17-18H2,1H3,(H,36,38,40)/b26-14+. The second kappa shape index (κ2) is 13.2. The lowest BCUT2D eigenvalue weighted by Crippen LogP contribution is -2.54. The molecule has 1 aliphatic rings. The van der Waals surface area contributed by atoms with Crippen LogP contribution in [-0.2, 0) is 22.8 Å². The SMILES string of the molecule is COc1cc(/C=C2\C(=O)NC(=O)N(c3ccc(OCc4ccc(Cl)cc4)cc3)C2=O)cc(Cl)c1OCc1ccc(Cl)cc1. The van der Waals surface area contributed by atoms with Crippen molar-refractivity contribution in [1.82, 2.24) is 5.32 Å². The molecule has 218 valence electrons. The molecule has 8 nitrogen and oxygen atoms in total. The van der Waals surface area contributed by atoms with Crippen molar-refractivity contribution in [2.45, 2.75) is 13.2 Å². The van der Waals surface area contributed by atoms with Crippen LogP contribution >= 0.6 is 34.8 Å². The maximum Gasteiger partial charge on any atom is 0.335 e. The Morgan fingerprint density at radius 2 is 1.35 bits per heavy atom. The van der Waals surface area contributed by atoms with Gasteiger partial charge in [-0.2, -0.15) is 0 Å². The van der Waals surface area contributed by atoms with Crippen LogP contribution in [-0.4, -0.2) is 25.0 Å². The van der Waals surface area contributed by atoms with Gasteiger partial charge in [-0.25, -0.2) is 9.69 Å². The molecule has 1 saturated heterocycles. The zero-order valence-corrected chi connectivity index (χ0v) is 24.9. The Balaban J connectivity index is 1.33. The van der Waals surface area contributed by atoms with Crippen LogP contribution < -0.4 is 24.4 Å². The van der Waals surface area contributed by atoms with Crippen LogP contribution in [0.1, 0.15) is 16.7 Å². The zero-order chi connectivity index (χ0) is 30.5. The van der Waals surface area contributed by atoms with Crippen LogP contribution in [0.15, 0.2) is 90.5 Å². The molecule has 11 heteroatoms. The number of halogens is 3. The van der Waals surface area contributed by atoms with Gasteiger partial charge in [0, 0.05) is 10.0 Å². The summed E-state index contributed by atoms with van der Waals surface area (Å²) in [6.45, 7) is 0.509. The average molecular weight is 638 g/mol. The highest BCUT2D eigenvalue weighted by Gasteiger charge is 2.37. The molecular formula is C32H23Cl3N2O6. The number of amides is 4. The highest BCUT2D eigenvalue weighted by molar-refractivity contribution is 6.39. The molecule has 1 heterocycles. The molecule has 4 aromatic rings. The molecule has 0 spiro atoms.